The molecule has 0 saturated carbocycles. The Labute approximate surface area is 110 Å². The Morgan fingerprint density at radius 3 is 2.71 bits per heavy atom. The van der Waals surface area contributed by atoms with Crippen LogP contribution in [0.15, 0.2) is 36.8 Å². The number of nitrogens with one attached hydrogen (secondary N) is 1. The summed E-state index contributed by atoms with van der Waals surface area (Å²) in [6.07, 6.45) is 5.10. The molecule has 2 aromatic heterocycles. The minimum absolute atomic E-state index is 0.0894. The van der Waals surface area contributed by atoms with E-state index in [1.165, 1.54) is 0 Å². The summed E-state index contributed by atoms with van der Waals surface area (Å²) in [6, 6.07) is 5.45. The molecular weight excluding hydrogens is 257 g/mol. The Bertz CT molecular complexity index is 502. The molecule has 0 amide bonds. The van der Waals surface area contributed by atoms with Gasteiger partial charge >= 0.3 is 0 Å². The topological polar surface area (TPSA) is 37.8 Å². The molecule has 3 nitrogen and oxygen atoms in total. The third kappa shape index (κ3) is 2.75. The molecule has 0 fully saturated rings. The van der Waals surface area contributed by atoms with Gasteiger partial charge < -0.3 is 5.32 Å². The minimum atomic E-state index is -0.0894. The fourth-order valence-corrected chi connectivity index (χ4v) is 2.13. The second-order valence-electron chi connectivity index (χ2n) is 3.53. The van der Waals surface area contributed by atoms with Gasteiger partial charge in [0.05, 0.1) is 21.8 Å². The van der Waals surface area contributed by atoms with Crippen LogP contribution in [0.5, 0.6) is 0 Å². The third-order valence-corrected chi connectivity index (χ3v) is 2.93. The van der Waals surface area contributed by atoms with Crippen LogP contribution in [-0.2, 0) is 0 Å². The fraction of sp³-hybridized carbons (Fsp3) is 0.167. The van der Waals surface area contributed by atoms with Crippen LogP contribution in [-0.4, -0.2) is 17.0 Å². The van der Waals surface area contributed by atoms with Crippen molar-refractivity contribution in [3.8, 4) is 0 Å². The molecular formula is C12H11Cl2N3. The Hall–Kier alpha value is -1.16. The zero-order chi connectivity index (χ0) is 12.3. The van der Waals surface area contributed by atoms with Crippen molar-refractivity contribution in [1.82, 2.24) is 15.3 Å². The lowest BCUT2D eigenvalue weighted by molar-refractivity contribution is 0.668. The van der Waals surface area contributed by atoms with Gasteiger partial charge in [-0.15, -0.1) is 0 Å². The van der Waals surface area contributed by atoms with E-state index < -0.39 is 0 Å². The molecule has 5 heteroatoms. The molecule has 0 aromatic carbocycles. The Balaban J connectivity index is 2.42. The SMILES string of the molecule is CNC(c1cccnc1)c1ncc(Cl)cc1Cl. The second-order valence-corrected chi connectivity index (χ2v) is 4.37. The van der Waals surface area contributed by atoms with E-state index in [0.717, 1.165) is 11.3 Å². The van der Waals surface area contributed by atoms with Crippen LogP contribution < -0.4 is 5.32 Å². The maximum atomic E-state index is 6.15. The van der Waals surface area contributed by atoms with Crippen molar-refractivity contribution in [2.45, 2.75) is 6.04 Å². The van der Waals surface area contributed by atoms with Gasteiger partial charge in [-0.2, -0.15) is 0 Å². The molecule has 0 aliphatic carbocycles. The lowest BCUT2D eigenvalue weighted by Crippen LogP contribution is -2.19. The first-order chi connectivity index (χ1) is 8.22. The highest BCUT2D eigenvalue weighted by molar-refractivity contribution is 6.34. The van der Waals surface area contributed by atoms with Gasteiger partial charge in [0.25, 0.3) is 0 Å². The van der Waals surface area contributed by atoms with Crippen molar-refractivity contribution in [3.63, 3.8) is 0 Å². The van der Waals surface area contributed by atoms with Crippen LogP contribution in [0.3, 0.4) is 0 Å². The molecule has 2 aromatic rings. The molecule has 2 rings (SSSR count). The summed E-state index contributed by atoms with van der Waals surface area (Å²) in [5.74, 6) is 0. The predicted molar refractivity (Wildman–Crippen MR) is 69.4 cm³/mol. The highest BCUT2D eigenvalue weighted by Gasteiger charge is 2.16. The summed E-state index contributed by atoms with van der Waals surface area (Å²) in [4.78, 5) is 8.36. The molecule has 0 aliphatic rings. The van der Waals surface area contributed by atoms with Crippen molar-refractivity contribution < 1.29 is 0 Å². The molecule has 88 valence electrons. The van der Waals surface area contributed by atoms with Crippen LogP contribution in [0.4, 0.5) is 0 Å². The number of halogens is 2. The first-order valence-corrected chi connectivity index (χ1v) is 5.86. The van der Waals surface area contributed by atoms with Crippen LogP contribution in [0, 0.1) is 0 Å². The smallest absolute Gasteiger partial charge is 0.0806 e. The number of aromatic nitrogens is 2. The Morgan fingerprint density at radius 1 is 1.29 bits per heavy atom. The number of hydrogen-bond acceptors (Lipinski definition) is 3. The number of nitrogens with zero attached hydrogens (tertiary/aromatic N) is 2. The molecule has 0 radical (unpaired) electrons. The molecule has 0 aliphatic heterocycles. The maximum Gasteiger partial charge on any atom is 0.0806 e. The zero-order valence-corrected chi connectivity index (χ0v) is 10.7. The Morgan fingerprint density at radius 2 is 2.12 bits per heavy atom. The van der Waals surface area contributed by atoms with E-state index in [1.54, 1.807) is 24.7 Å². The minimum Gasteiger partial charge on any atom is -0.308 e. The number of hydrogen-bond donors (Lipinski definition) is 1. The largest absolute Gasteiger partial charge is 0.308 e. The molecule has 0 spiro atoms. The highest BCUT2D eigenvalue weighted by atomic mass is 35.5. The van der Waals surface area contributed by atoms with Gasteiger partial charge in [-0.1, -0.05) is 29.3 Å². The van der Waals surface area contributed by atoms with Crippen molar-refractivity contribution in [2.75, 3.05) is 7.05 Å². The number of pyridine rings is 2. The first-order valence-electron chi connectivity index (χ1n) is 5.10. The number of rotatable bonds is 3. The molecule has 1 N–H and O–H groups in total. The van der Waals surface area contributed by atoms with Crippen molar-refractivity contribution in [3.05, 3.63) is 58.1 Å². The van der Waals surface area contributed by atoms with Gasteiger partial charge in [-0.25, -0.2) is 0 Å². The quantitative estimate of drug-likeness (QED) is 0.929. The van der Waals surface area contributed by atoms with E-state index in [9.17, 15) is 0 Å². The summed E-state index contributed by atoms with van der Waals surface area (Å²) in [6.45, 7) is 0. The zero-order valence-electron chi connectivity index (χ0n) is 9.19. The standard InChI is InChI=1S/C12H11Cl2N3/c1-15-11(8-3-2-4-16-6-8)12-10(14)5-9(13)7-17-12/h2-7,11,15H,1H3. The van der Waals surface area contributed by atoms with Gasteiger partial charge in [0.15, 0.2) is 0 Å². The normalized spacial score (nSPS) is 12.4. The van der Waals surface area contributed by atoms with Crippen LogP contribution in [0.1, 0.15) is 17.3 Å². The molecule has 17 heavy (non-hydrogen) atoms. The van der Waals surface area contributed by atoms with Gasteiger partial charge in [-0.05, 0) is 24.7 Å². The Kier molecular flexibility index (Phi) is 3.94. The second kappa shape index (κ2) is 5.45. The summed E-state index contributed by atoms with van der Waals surface area (Å²) in [5, 5.41) is 4.23. The molecule has 1 atom stereocenters. The first kappa shape index (κ1) is 12.3. The highest BCUT2D eigenvalue weighted by Crippen LogP contribution is 2.27. The van der Waals surface area contributed by atoms with E-state index in [1.807, 2.05) is 19.2 Å². The van der Waals surface area contributed by atoms with Gasteiger partial charge in [0.1, 0.15) is 0 Å². The average molecular weight is 268 g/mol. The van der Waals surface area contributed by atoms with Gasteiger partial charge in [0, 0.05) is 18.6 Å². The van der Waals surface area contributed by atoms with Gasteiger partial charge in [-0.3, -0.25) is 9.97 Å². The van der Waals surface area contributed by atoms with Crippen LogP contribution in [0.25, 0.3) is 0 Å². The fourth-order valence-electron chi connectivity index (χ4n) is 1.65. The van der Waals surface area contributed by atoms with Crippen LogP contribution >= 0.6 is 23.2 Å². The van der Waals surface area contributed by atoms with E-state index in [4.69, 9.17) is 23.2 Å². The van der Waals surface area contributed by atoms with Crippen molar-refractivity contribution in [2.24, 2.45) is 0 Å². The van der Waals surface area contributed by atoms with Crippen molar-refractivity contribution in [1.29, 1.82) is 0 Å². The van der Waals surface area contributed by atoms with E-state index >= 15 is 0 Å². The molecule has 2 heterocycles. The predicted octanol–water partition coefficient (Wildman–Crippen LogP) is 3.09. The summed E-state index contributed by atoms with van der Waals surface area (Å²) >= 11 is 12.0. The summed E-state index contributed by atoms with van der Waals surface area (Å²) in [7, 11) is 1.85. The van der Waals surface area contributed by atoms with Gasteiger partial charge in [0.2, 0.25) is 0 Å². The molecule has 0 bridgehead atoms. The third-order valence-electron chi connectivity index (χ3n) is 2.42. The summed E-state index contributed by atoms with van der Waals surface area (Å²) < 4.78 is 0. The lowest BCUT2D eigenvalue weighted by atomic mass is 10.1. The van der Waals surface area contributed by atoms with E-state index in [-0.39, 0.29) is 6.04 Å². The average Bonchev–Trinajstić information content (AvgIpc) is 2.34. The lowest BCUT2D eigenvalue weighted by Gasteiger charge is -2.16. The molecule has 1 unspecified atom stereocenters. The monoisotopic (exact) mass is 267 g/mol. The summed E-state index contributed by atoms with van der Waals surface area (Å²) in [5.41, 5.74) is 1.75. The molecule has 0 saturated heterocycles. The maximum absolute atomic E-state index is 6.15. The van der Waals surface area contributed by atoms with Crippen LogP contribution in [0.2, 0.25) is 10.0 Å². The van der Waals surface area contributed by atoms with E-state index in [2.05, 4.69) is 15.3 Å². The van der Waals surface area contributed by atoms with E-state index in [0.29, 0.717) is 10.0 Å². The van der Waals surface area contributed by atoms with Crippen molar-refractivity contribution >= 4 is 23.2 Å².